The lowest BCUT2D eigenvalue weighted by atomic mass is 9.75. The molecule has 114 valence electrons. The van der Waals surface area contributed by atoms with Crippen LogP contribution in [-0.4, -0.2) is 37.0 Å². The Balaban J connectivity index is 2.30. The Morgan fingerprint density at radius 2 is 2.24 bits per heavy atom. The van der Waals surface area contributed by atoms with E-state index >= 15 is 0 Å². The molecular weight excluding hydrogens is 335 g/mol. The van der Waals surface area contributed by atoms with Crippen LogP contribution in [0.4, 0.5) is 0 Å². The maximum Gasteiger partial charge on any atom is 0.499 e. The van der Waals surface area contributed by atoms with Crippen LogP contribution in [0.5, 0.6) is 5.75 Å². The molecule has 1 unspecified atom stereocenters. The second-order valence-corrected chi connectivity index (χ2v) is 6.39. The van der Waals surface area contributed by atoms with Crippen LogP contribution >= 0.6 is 15.9 Å². The van der Waals surface area contributed by atoms with E-state index in [2.05, 4.69) is 15.9 Å². The number of hydrogen-bond donors (Lipinski definition) is 0. The van der Waals surface area contributed by atoms with Crippen molar-refractivity contribution in [1.82, 2.24) is 0 Å². The predicted molar refractivity (Wildman–Crippen MR) is 86.8 cm³/mol. The molecule has 0 aliphatic carbocycles. The van der Waals surface area contributed by atoms with E-state index in [4.69, 9.17) is 14.0 Å². The fourth-order valence-corrected chi connectivity index (χ4v) is 2.38. The summed E-state index contributed by atoms with van der Waals surface area (Å²) in [6.07, 6.45) is 1.65. The summed E-state index contributed by atoms with van der Waals surface area (Å²) >= 11 is 3.37. The van der Waals surface area contributed by atoms with Gasteiger partial charge in [0, 0.05) is 16.4 Å². The first-order valence-electron chi connectivity index (χ1n) is 7.09. The predicted octanol–water partition coefficient (Wildman–Crippen LogP) is 2.57. The largest absolute Gasteiger partial charge is 0.499 e. The fourth-order valence-electron chi connectivity index (χ4n) is 2.15. The molecule has 0 aromatic heterocycles. The zero-order valence-corrected chi connectivity index (χ0v) is 14.2. The summed E-state index contributed by atoms with van der Waals surface area (Å²) in [6.45, 7) is 6.50. The standard InChI is InChI=1S/C15H20BBrO4/c1-11-15(2,3)21-16(20-11)14-12(10-18)6-4-7-13(14)19-9-5-8-17/h4,6-7,10-11H,5,8-9H2,1-3H3. The van der Waals surface area contributed by atoms with Crippen LogP contribution in [0.1, 0.15) is 37.6 Å². The summed E-state index contributed by atoms with van der Waals surface area (Å²) in [4.78, 5) is 11.3. The third-order valence-corrected chi connectivity index (χ3v) is 4.28. The molecule has 0 radical (unpaired) electrons. The molecular formula is C15H20BBrO4. The Hall–Kier alpha value is -0.845. The molecule has 1 aliphatic rings. The fraction of sp³-hybridized carbons (Fsp3) is 0.533. The number of benzene rings is 1. The van der Waals surface area contributed by atoms with Gasteiger partial charge in [-0.15, -0.1) is 0 Å². The van der Waals surface area contributed by atoms with Gasteiger partial charge in [0.05, 0.1) is 18.3 Å². The molecule has 2 rings (SSSR count). The van der Waals surface area contributed by atoms with Crippen LogP contribution < -0.4 is 10.2 Å². The number of aldehydes is 1. The molecule has 0 spiro atoms. The molecule has 0 saturated carbocycles. The van der Waals surface area contributed by atoms with Gasteiger partial charge in [0.2, 0.25) is 0 Å². The second-order valence-electron chi connectivity index (χ2n) is 5.60. The Labute approximate surface area is 134 Å². The summed E-state index contributed by atoms with van der Waals surface area (Å²) in [5.41, 5.74) is 0.828. The van der Waals surface area contributed by atoms with Crippen LogP contribution in [0.15, 0.2) is 18.2 Å². The van der Waals surface area contributed by atoms with E-state index in [0.29, 0.717) is 23.4 Å². The quantitative estimate of drug-likeness (QED) is 0.341. The first-order chi connectivity index (χ1) is 9.99. The number of alkyl halides is 1. The monoisotopic (exact) mass is 354 g/mol. The van der Waals surface area contributed by atoms with Gasteiger partial charge in [-0.25, -0.2) is 0 Å². The average Bonchev–Trinajstić information content (AvgIpc) is 2.72. The highest BCUT2D eigenvalue weighted by Gasteiger charge is 2.46. The Kier molecular flexibility index (Phi) is 5.46. The Morgan fingerprint density at radius 1 is 1.48 bits per heavy atom. The summed E-state index contributed by atoms with van der Waals surface area (Å²) in [6, 6.07) is 5.40. The molecule has 6 heteroatoms. The van der Waals surface area contributed by atoms with E-state index in [1.54, 1.807) is 12.1 Å². The number of hydrogen-bond acceptors (Lipinski definition) is 4. The molecule has 1 aromatic carbocycles. The molecule has 1 aromatic rings. The SMILES string of the molecule is CC1OB(c2c(C=O)cccc2OCCCBr)OC1(C)C. The molecule has 4 nitrogen and oxygen atoms in total. The van der Waals surface area contributed by atoms with Gasteiger partial charge in [0.1, 0.15) is 12.0 Å². The maximum atomic E-state index is 11.3. The van der Waals surface area contributed by atoms with E-state index in [1.807, 2.05) is 26.8 Å². The van der Waals surface area contributed by atoms with Crippen LogP contribution in [0.2, 0.25) is 0 Å². The number of ether oxygens (including phenoxy) is 1. The first-order valence-corrected chi connectivity index (χ1v) is 8.22. The van der Waals surface area contributed by atoms with Crippen molar-refractivity contribution in [2.45, 2.75) is 38.9 Å². The summed E-state index contributed by atoms with van der Waals surface area (Å²) in [5, 5.41) is 0.871. The van der Waals surface area contributed by atoms with Gasteiger partial charge in [0.15, 0.2) is 0 Å². The van der Waals surface area contributed by atoms with Crippen molar-refractivity contribution in [3.8, 4) is 5.75 Å². The molecule has 1 aliphatic heterocycles. The molecule has 1 saturated heterocycles. The van der Waals surface area contributed by atoms with Crippen molar-refractivity contribution in [3.63, 3.8) is 0 Å². The lowest BCUT2D eigenvalue weighted by molar-refractivity contribution is 0.0842. The van der Waals surface area contributed by atoms with Crippen molar-refractivity contribution in [2.24, 2.45) is 0 Å². The number of carbonyl (C=O) groups is 1. The van der Waals surface area contributed by atoms with Crippen molar-refractivity contribution in [2.75, 3.05) is 11.9 Å². The summed E-state index contributed by atoms with van der Waals surface area (Å²) < 4.78 is 17.6. The second kappa shape index (κ2) is 6.94. The lowest BCUT2D eigenvalue weighted by Gasteiger charge is -2.21. The minimum atomic E-state index is -0.574. The molecule has 0 bridgehead atoms. The molecule has 0 N–H and O–H groups in total. The van der Waals surface area contributed by atoms with Gasteiger partial charge in [-0.1, -0.05) is 28.1 Å². The minimum Gasteiger partial charge on any atom is -0.494 e. The van der Waals surface area contributed by atoms with Crippen LogP contribution in [0.3, 0.4) is 0 Å². The van der Waals surface area contributed by atoms with Gasteiger partial charge in [-0.3, -0.25) is 4.79 Å². The molecule has 0 amide bonds. The van der Waals surface area contributed by atoms with Crippen LogP contribution in [0.25, 0.3) is 0 Å². The van der Waals surface area contributed by atoms with Crippen molar-refractivity contribution >= 4 is 34.8 Å². The van der Waals surface area contributed by atoms with Gasteiger partial charge in [-0.05, 0) is 33.3 Å². The molecule has 21 heavy (non-hydrogen) atoms. The van der Waals surface area contributed by atoms with Gasteiger partial charge >= 0.3 is 7.12 Å². The lowest BCUT2D eigenvalue weighted by Crippen LogP contribution is -2.38. The first kappa shape index (κ1) is 16.5. The molecule has 1 fully saturated rings. The zero-order chi connectivity index (χ0) is 15.5. The molecule has 1 atom stereocenters. The Morgan fingerprint density at radius 3 is 2.81 bits per heavy atom. The van der Waals surface area contributed by atoms with E-state index in [-0.39, 0.29) is 6.10 Å². The highest BCUT2D eigenvalue weighted by molar-refractivity contribution is 9.09. The van der Waals surface area contributed by atoms with Crippen molar-refractivity contribution < 1.29 is 18.8 Å². The van der Waals surface area contributed by atoms with E-state index in [0.717, 1.165) is 18.0 Å². The van der Waals surface area contributed by atoms with Crippen molar-refractivity contribution in [3.05, 3.63) is 23.8 Å². The number of carbonyl (C=O) groups excluding carboxylic acids is 1. The third-order valence-electron chi connectivity index (χ3n) is 3.72. The maximum absolute atomic E-state index is 11.3. The average molecular weight is 355 g/mol. The van der Waals surface area contributed by atoms with Gasteiger partial charge in [0.25, 0.3) is 0 Å². The summed E-state index contributed by atoms with van der Waals surface area (Å²) in [7, 11) is -0.574. The smallest absolute Gasteiger partial charge is 0.494 e. The topological polar surface area (TPSA) is 44.8 Å². The number of rotatable bonds is 6. The van der Waals surface area contributed by atoms with Crippen LogP contribution in [0, 0.1) is 0 Å². The summed E-state index contributed by atoms with van der Waals surface area (Å²) in [5.74, 6) is 0.649. The van der Waals surface area contributed by atoms with Crippen LogP contribution in [-0.2, 0) is 9.31 Å². The van der Waals surface area contributed by atoms with E-state index in [1.165, 1.54) is 0 Å². The van der Waals surface area contributed by atoms with Crippen molar-refractivity contribution in [1.29, 1.82) is 0 Å². The van der Waals surface area contributed by atoms with E-state index < -0.39 is 12.7 Å². The number of halogens is 1. The third kappa shape index (κ3) is 3.68. The van der Waals surface area contributed by atoms with Gasteiger partial charge in [-0.2, -0.15) is 0 Å². The highest BCUT2D eigenvalue weighted by Crippen LogP contribution is 2.28. The minimum absolute atomic E-state index is 0.0578. The highest BCUT2D eigenvalue weighted by atomic mass is 79.9. The molecule has 1 heterocycles. The normalized spacial score (nSPS) is 20.6. The van der Waals surface area contributed by atoms with Gasteiger partial charge < -0.3 is 14.0 Å². The zero-order valence-electron chi connectivity index (χ0n) is 12.6. The Bertz CT molecular complexity index is 506. The van der Waals surface area contributed by atoms with E-state index in [9.17, 15) is 4.79 Å².